The number of carbonyl (C=O) groups excluding carboxylic acids is 1. The lowest BCUT2D eigenvalue weighted by molar-refractivity contribution is 0.103. The zero-order valence-electron chi connectivity index (χ0n) is 22.5. The summed E-state index contributed by atoms with van der Waals surface area (Å²) in [6, 6.07) is 15.2. The third-order valence-electron chi connectivity index (χ3n) is 6.55. The molecule has 0 amide bonds. The molecule has 0 fully saturated rings. The summed E-state index contributed by atoms with van der Waals surface area (Å²) in [4.78, 5) is 24.2. The number of sulfonamides is 1. The zero-order valence-corrected chi connectivity index (χ0v) is 24.1. The summed E-state index contributed by atoms with van der Waals surface area (Å²) in [6.07, 6.45) is 2.71. The van der Waals surface area contributed by atoms with Crippen molar-refractivity contribution in [2.75, 3.05) is 10.5 Å². The molecule has 0 unspecified atom stereocenters. The maximum atomic E-state index is 14.9. The quantitative estimate of drug-likeness (QED) is 0.140. The Balaban J connectivity index is 1.26. The number of para-hydroxylation sites is 1. The summed E-state index contributed by atoms with van der Waals surface area (Å²) in [5.41, 5.74) is 7.42. The van der Waals surface area contributed by atoms with Crippen molar-refractivity contribution < 1.29 is 26.7 Å². The molecule has 0 saturated heterocycles. The predicted octanol–water partition coefficient (Wildman–Crippen LogP) is 5.79. The van der Waals surface area contributed by atoms with Crippen LogP contribution in [0, 0.1) is 18.6 Å². The second-order valence-corrected chi connectivity index (χ2v) is 11.5. The normalized spacial score (nSPS) is 11.5. The van der Waals surface area contributed by atoms with E-state index < -0.39 is 32.5 Å². The van der Waals surface area contributed by atoms with Crippen LogP contribution in [-0.4, -0.2) is 38.9 Å². The molecule has 4 heterocycles. The first-order valence-electron chi connectivity index (χ1n) is 12.8. The molecular formula is C29H20ClF2N7O4S. The van der Waals surface area contributed by atoms with Crippen LogP contribution in [0.1, 0.15) is 21.6 Å². The molecule has 4 N–H and O–H groups in total. The minimum absolute atomic E-state index is 0.00924. The van der Waals surface area contributed by atoms with Crippen molar-refractivity contribution in [2.24, 2.45) is 0 Å². The Morgan fingerprint density at radius 1 is 1.05 bits per heavy atom. The minimum Gasteiger partial charge on any atom is -0.436 e. The van der Waals surface area contributed by atoms with Crippen LogP contribution >= 0.6 is 11.6 Å². The number of aryl methyl sites for hydroxylation is 1. The lowest BCUT2D eigenvalue weighted by Gasteiger charge is -2.11. The topological polar surface area (TPSA) is 158 Å². The molecule has 0 aliphatic carbocycles. The van der Waals surface area contributed by atoms with E-state index in [2.05, 4.69) is 24.8 Å². The van der Waals surface area contributed by atoms with Crippen molar-refractivity contribution in [3.8, 4) is 17.3 Å². The number of nitrogens with two attached hydrogens (primary N) is 1. The summed E-state index contributed by atoms with van der Waals surface area (Å²) < 4.78 is 63.3. The van der Waals surface area contributed by atoms with Crippen molar-refractivity contribution in [3.63, 3.8) is 0 Å². The Morgan fingerprint density at radius 3 is 2.59 bits per heavy atom. The SMILES string of the molecule is Cc1cc(Oc2ccccc2F)ncc1-n1ncc(C(=O)c2cc3cc(F)c(NS(=O)(=O)c4cccc(Cl)n4)cc3[nH]2)c1N. The highest BCUT2D eigenvalue weighted by atomic mass is 35.5. The van der Waals surface area contributed by atoms with Gasteiger partial charge in [0.15, 0.2) is 16.6 Å². The Kier molecular flexibility index (Phi) is 7.23. The van der Waals surface area contributed by atoms with E-state index in [-0.39, 0.29) is 45.1 Å². The van der Waals surface area contributed by atoms with Gasteiger partial charge in [0.2, 0.25) is 11.7 Å². The van der Waals surface area contributed by atoms with Crippen LogP contribution in [0.4, 0.5) is 20.3 Å². The van der Waals surface area contributed by atoms with Gasteiger partial charge < -0.3 is 15.5 Å². The fourth-order valence-corrected chi connectivity index (χ4v) is 5.64. The fourth-order valence-electron chi connectivity index (χ4n) is 4.40. The molecule has 0 bridgehead atoms. The average molecular weight is 636 g/mol. The number of anilines is 2. The van der Waals surface area contributed by atoms with Crippen LogP contribution in [0.5, 0.6) is 11.6 Å². The monoisotopic (exact) mass is 635 g/mol. The summed E-state index contributed by atoms with van der Waals surface area (Å²) >= 11 is 5.79. The fraction of sp³-hybridized carbons (Fsp3) is 0.0345. The molecule has 0 atom stereocenters. The van der Waals surface area contributed by atoms with Gasteiger partial charge in [-0.1, -0.05) is 29.8 Å². The number of nitrogens with zero attached hydrogens (tertiary/aromatic N) is 4. The standard InChI is InChI=1S/C29H20ClF2N7O4S/c1-15-9-26(43-24-6-3-2-5-18(24)31)34-14-23(15)39-29(33)17(13-35-39)28(40)22-11-16-10-19(32)21(12-20(16)36-22)38-44(41,42)27-8-4-7-25(30)37-27/h2-14,36,38H,33H2,1H3. The van der Waals surface area contributed by atoms with Gasteiger partial charge in [0.1, 0.15) is 16.8 Å². The highest BCUT2D eigenvalue weighted by Crippen LogP contribution is 2.29. The van der Waals surface area contributed by atoms with Crippen LogP contribution in [0.15, 0.2) is 84.1 Å². The van der Waals surface area contributed by atoms with Crippen molar-refractivity contribution in [1.82, 2.24) is 24.7 Å². The van der Waals surface area contributed by atoms with Crippen LogP contribution in [0.25, 0.3) is 16.6 Å². The molecule has 6 aromatic rings. The van der Waals surface area contributed by atoms with E-state index in [1.165, 1.54) is 59.5 Å². The molecule has 15 heteroatoms. The number of carbonyl (C=O) groups is 1. The van der Waals surface area contributed by atoms with E-state index in [0.29, 0.717) is 16.6 Å². The van der Waals surface area contributed by atoms with Gasteiger partial charge in [-0.05, 0) is 55.0 Å². The summed E-state index contributed by atoms with van der Waals surface area (Å²) in [5, 5.41) is 4.12. The van der Waals surface area contributed by atoms with Crippen molar-refractivity contribution in [2.45, 2.75) is 11.9 Å². The molecule has 222 valence electrons. The average Bonchev–Trinajstić information content (AvgIpc) is 3.57. The van der Waals surface area contributed by atoms with E-state index in [0.717, 1.165) is 6.07 Å². The Hall–Kier alpha value is -5.34. The molecule has 0 saturated carbocycles. The van der Waals surface area contributed by atoms with Crippen LogP contribution in [0.3, 0.4) is 0 Å². The smallest absolute Gasteiger partial charge is 0.279 e. The Bertz CT molecular complexity index is 2200. The van der Waals surface area contributed by atoms with Crippen LogP contribution < -0.4 is 15.2 Å². The Labute approximate surface area is 253 Å². The van der Waals surface area contributed by atoms with E-state index in [9.17, 15) is 22.0 Å². The zero-order chi connectivity index (χ0) is 31.2. The van der Waals surface area contributed by atoms with E-state index >= 15 is 0 Å². The Morgan fingerprint density at radius 2 is 1.84 bits per heavy atom. The van der Waals surface area contributed by atoms with Crippen LogP contribution in [-0.2, 0) is 10.0 Å². The number of pyridine rings is 2. The largest absolute Gasteiger partial charge is 0.436 e. The number of hydrogen-bond acceptors (Lipinski definition) is 8. The maximum Gasteiger partial charge on any atom is 0.279 e. The third kappa shape index (κ3) is 5.43. The second-order valence-electron chi connectivity index (χ2n) is 9.53. The molecule has 0 radical (unpaired) electrons. The number of nitrogens with one attached hydrogen (secondary N) is 2. The molecule has 44 heavy (non-hydrogen) atoms. The number of benzene rings is 2. The second kappa shape index (κ2) is 11.1. The van der Waals surface area contributed by atoms with E-state index in [1.807, 2.05) is 0 Å². The molecule has 0 aliphatic heterocycles. The predicted molar refractivity (Wildman–Crippen MR) is 159 cm³/mol. The van der Waals surface area contributed by atoms with Crippen molar-refractivity contribution in [3.05, 3.63) is 113 Å². The summed E-state index contributed by atoms with van der Waals surface area (Å²) in [5.74, 6) is -1.79. The first kappa shape index (κ1) is 28.8. The highest BCUT2D eigenvalue weighted by molar-refractivity contribution is 7.92. The lowest BCUT2D eigenvalue weighted by Crippen LogP contribution is -2.15. The number of rotatable bonds is 8. The summed E-state index contributed by atoms with van der Waals surface area (Å²) in [7, 11) is -4.26. The van der Waals surface area contributed by atoms with Crippen LogP contribution in [0.2, 0.25) is 5.15 Å². The summed E-state index contributed by atoms with van der Waals surface area (Å²) in [6.45, 7) is 1.74. The number of aromatic nitrogens is 5. The number of halogens is 3. The van der Waals surface area contributed by atoms with Gasteiger partial charge in [-0.2, -0.15) is 13.5 Å². The molecule has 6 rings (SSSR count). The van der Waals surface area contributed by atoms with Crippen molar-refractivity contribution >= 4 is 49.8 Å². The molecule has 11 nitrogen and oxygen atoms in total. The number of fused-ring (bicyclic) bond motifs is 1. The number of aromatic amines is 1. The maximum absolute atomic E-state index is 14.9. The molecular weight excluding hydrogens is 616 g/mol. The minimum atomic E-state index is -4.26. The molecule has 0 spiro atoms. The lowest BCUT2D eigenvalue weighted by atomic mass is 10.1. The third-order valence-corrected chi connectivity index (χ3v) is 8.03. The van der Waals surface area contributed by atoms with Gasteiger partial charge in [0.05, 0.1) is 35.0 Å². The number of ether oxygens (including phenoxy) is 1. The molecule has 0 aliphatic rings. The van der Waals surface area contributed by atoms with E-state index in [1.54, 1.807) is 25.1 Å². The first-order valence-corrected chi connectivity index (χ1v) is 14.6. The number of nitrogen functional groups attached to an aromatic ring is 1. The van der Waals surface area contributed by atoms with Gasteiger partial charge in [-0.3, -0.25) is 9.52 Å². The van der Waals surface area contributed by atoms with Gasteiger partial charge in [-0.15, -0.1) is 0 Å². The molecule has 4 aromatic heterocycles. The molecule has 2 aromatic carbocycles. The number of hydrogen-bond donors (Lipinski definition) is 3. The van der Waals surface area contributed by atoms with Gasteiger partial charge >= 0.3 is 0 Å². The number of H-pyrrole nitrogens is 1. The van der Waals surface area contributed by atoms with Crippen molar-refractivity contribution in [1.29, 1.82) is 0 Å². The van der Waals surface area contributed by atoms with E-state index in [4.69, 9.17) is 22.1 Å². The van der Waals surface area contributed by atoms with Gasteiger partial charge in [-0.25, -0.2) is 23.4 Å². The van der Waals surface area contributed by atoms with Gasteiger partial charge in [0.25, 0.3) is 10.0 Å². The number of ketones is 1. The van der Waals surface area contributed by atoms with Gasteiger partial charge in [0, 0.05) is 17.0 Å². The highest BCUT2D eigenvalue weighted by Gasteiger charge is 2.23. The first-order chi connectivity index (χ1) is 21.0.